The number of aliphatic carboxylic acids is 1. The average molecular weight is 345 g/mol. The number of benzene rings is 1. The minimum atomic E-state index is -0.977. The molecule has 0 spiro atoms. The maximum absolute atomic E-state index is 11.9. The number of carbonyl (C=O) groups excluding carboxylic acids is 1. The van der Waals surface area contributed by atoms with E-state index in [4.69, 9.17) is 9.84 Å². The molecule has 0 aliphatic rings. The van der Waals surface area contributed by atoms with Crippen molar-refractivity contribution < 1.29 is 19.4 Å². The molecule has 0 fully saturated rings. The predicted molar refractivity (Wildman–Crippen MR) is 78.7 cm³/mol. The van der Waals surface area contributed by atoms with Crippen LogP contribution in [0.1, 0.15) is 0 Å². The van der Waals surface area contributed by atoms with E-state index in [1.54, 1.807) is 12.1 Å². The van der Waals surface area contributed by atoms with Crippen molar-refractivity contribution in [1.29, 1.82) is 0 Å². The van der Waals surface area contributed by atoms with E-state index in [1.165, 1.54) is 12.0 Å². The van der Waals surface area contributed by atoms with Crippen molar-refractivity contribution in [3.63, 3.8) is 0 Å². The van der Waals surface area contributed by atoms with Gasteiger partial charge in [-0.05, 0) is 28.1 Å². The van der Waals surface area contributed by atoms with Gasteiger partial charge in [-0.3, -0.25) is 14.5 Å². The molecule has 0 saturated carbocycles. The lowest BCUT2D eigenvalue weighted by Crippen LogP contribution is -2.38. The van der Waals surface area contributed by atoms with Gasteiger partial charge in [0.05, 0.1) is 25.4 Å². The van der Waals surface area contributed by atoms with E-state index in [9.17, 15) is 9.59 Å². The van der Waals surface area contributed by atoms with Crippen LogP contribution < -0.4 is 5.32 Å². The van der Waals surface area contributed by atoms with E-state index in [-0.39, 0.29) is 19.0 Å². The number of halogens is 1. The molecule has 20 heavy (non-hydrogen) atoms. The summed E-state index contributed by atoms with van der Waals surface area (Å²) in [5.41, 5.74) is 0.652. The van der Waals surface area contributed by atoms with Gasteiger partial charge in [-0.1, -0.05) is 12.1 Å². The summed E-state index contributed by atoms with van der Waals surface area (Å²) in [6.45, 7) is 0.547. The van der Waals surface area contributed by atoms with Crippen molar-refractivity contribution in [3.05, 3.63) is 28.7 Å². The Morgan fingerprint density at radius 3 is 2.65 bits per heavy atom. The Bertz CT molecular complexity index is 467. The molecule has 0 radical (unpaired) electrons. The van der Waals surface area contributed by atoms with E-state index < -0.39 is 5.97 Å². The summed E-state index contributed by atoms with van der Waals surface area (Å²) >= 11 is 3.33. The maximum Gasteiger partial charge on any atom is 0.317 e. The number of nitrogens with zero attached hydrogens (tertiary/aromatic N) is 1. The summed E-state index contributed by atoms with van der Waals surface area (Å²) in [4.78, 5) is 24.2. The lowest BCUT2D eigenvalue weighted by molar-refractivity contribution is -0.138. The fourth-order valence-corrected chi connectivity index (χ4v) is 1.96. The highest BCUT2D eigenvalue weighted by Crippen LogP contribution is 2.20. The zero-order chi connectivity index (χ0) is 15.0. The summed E-state index contributed by atoms with van der Waals surface area (Å²) in [6.07, 6.45) is 0. The van der Waals surface area contributed by atoms with Gasteiger partial charge in [-0.25, -0.2) is 0 Å². The number of hydrogen-bond acceptors (Lipinski definition) is 4. The van der Waals surface area contributed by atoms with Crippen LogP contribution in [0.15, 0.2) is 28.7 Å². The largest absolute Gasteiger partial charge is 0.480 e. The normalized spacial score (nSPS) is 10.6. The van der Waals surface area contributed by atoms with Crippen molar-refractivity contribution in [1.82, 2.24) is 4.90 Å². The molecule has 0 atom stereocenters. The molecular weight excluding hydrogens is 328 g/mol. The van der Waals surface area contributed by atoms with Crippen LogP contribution >= 0.6 is 15.9 Å². The molecule has 1 rings (SSSR count). The molecule has 0 saturated heterocycles. The summed E-state index contributed by atoms with van der Waals surface area (Å²) < 4.78 is 5.67. The number of nitrogens with one attached hydrogen (secondary N) is 1. The Morgan fingerprint density at radius 1 is 1.35 bits per heavy atom. The lowest BCUT2D eigenvalue weighted by atomic mass is 10.3. The second-order valence-electron chi connectivity index (χ2n) is 4.13. The smallest absolute Gasteiger partial charge is 0.317 e. The van der Waals surface area contributed by atoms with E-state index >= 15 is 0 Å². The standard InChI is InChI=1S/C13H17BrN2O4/c1-20-7-6-16(9-13(18)19)8-12(17)15-11-5-3-2-4-10(11)14/h2-5H,6-9H2,1H3,(H,15,17)(H,18,19). The van der Waals surface area contributed by atoms with E-state index in [0.717, 1.165) is 4.47 Å². The maximum atomic E-state index is 11.9. The van der Waals surface area contributed by atoms with Gasteiger partial charge in [-0.2, -0.15) is 0 Å². The fourth-order valence-electron chi connectivity index (χ4n) is 1.58. The van der Waals surface area contributed by atoms with Gasteiger partial charge in [0.25, 0.3) is 0 Å². The topological polar surface area (TPSA) is 78.9 Å². The highest BCUT2D eigenvalue weighted by atomic mass is 79.9. The number of carbonyl (C=O) groups is 2. The van der Waals surface area contributed by atoms with Crippen LogP contribution in [0.2, 0.25) is 0 Å². The lowest BCUT2D eigenvalue weighted by Gasteiger charge is -2.19. The van der Waals surface area contributed by atoms with Crippen molar-refractivity contribution >= 4 is 33.5 Å². The number of para-hydroxylation sites is 1. The number of amides is 1. The third kappa shape index (κ3) is 6.14. The van der Waals surface area contributed by atoms with Crippen molar-refractivity contribution in [2.75, 3.05) is 38.7 Å². The quantitative estimate of drug-likeness (QED) is 0.745. The number of methoxy groups -OCH3 is 1. The second kappa shape index (κ2) is 8.68. The van der Waals surface area contributed by atoms with Crippen LogP contribution in [0.25, 0.3) is 0 Å². The molecule has 0 aromatic heterocycles. The van der Waals surface area contributed by atoms with Crippen LogP contribution in [0.5, 0.6) is 0 Å². The monoisotopic (exact) mass is 344 g/mol. The Hall–Kier alpha value is -1.44. The summed E-state index contributed by atoms with van der Waals surface area (Å²) in [6, 6.07) is 7.23. The van der Waals surface area contributed by atoms with E-state index in [2.05, 4.69) is 21.2 Å². The Kier molecular flexibility index (Phi) is 7.21. The molecule has 0 heterocycles. The SMILES string of the molecule is COCCN(CC(=O)O)CC(=O)Nc1ccccc1Br. The molecule has 1 aromatic carbocycles. The first-order valence-electron chi connectivity index (χ1n) is 6.00. The van der Waals surface area contributed by atoms with Gasteiger partial charge in [0.15, 0.2) is 0 Å². The third-order valence-electron chi connectivity index (χ3n) is 2.49. The molecule has 2 N–H and O–H groups in total. The fraction of sp³-hybridized carbons (Fsp3) is 0.385. The summed E-state index contributed by atoms with van der Waals surface area (Å²) in [5, 5.41) is 11.5. The third-order valence-corrected chi connectivity index (χ3v) is 3.18. The molecule has 0 aliphatic carbocycles. The number of hydrogen-bond donors (Lipinski definition) is 2. The minimum absolute atomic E-state index is 0.00298. The van der Waals surface area contributed by atoms with Gasteiger partial charge >= 0.3 is 5.97 Å². The number of carboxylic acids is 1. The molecular formula is C13H17BrN2O4. The van der Waals surface area contributed by atoms with Gasteiger partial charge in [0.2, 0.25) is 5.91 Å². The van der Waals surface area contributed by atoms with Crippen molar-refractivity contribution in [3.8, 4) is 0 Å². The zero-order valence-corrected chi connectivity index (χ0v) is 12.7. The molecule has 0 unspecified atom stereocenters. The van der Waals surface area contributed by atoms with Crippen molar-refractivity contribution in [2.45, 2.75) is 0 Å². The summed E-state index contributed by atoms with van der Waals surface area (Å²) in [7, 11) is 1.53. The Labute approximate surface area is 125 Å². The molecule has 0 bridgehead atoms. The minimum Gasteiger partial charge on any atom is -0.480 e. The van der Waals surface area contributed by atoms with Crippen LogP contribution in [-0.4, -0.2) is 55.2 Å². The first-order valence-corrected chi connectivity index (χ1v) is 6.79. The highest BCUT2D eigenvalue weighted by molar-refractivity contribution is 9.10. The van der Waals surface area contributed by atoms with E-state index in [1.807, 2.05) is 12.1 Å². The average Bonchev–Trinajstić information content (AvgIpc) is 2.38. The number of carboxylic acid groups (broad SMARTS) is 1. The number of rotatable bonds is 8. The van der Waals surface area contributed by atoms with Crippen LogP contribution in [0.3, 0.4) is 0 Å². The number of ether oxygens (including phenoxy) is 1. The molecule has 7 heteroatoms. The summed E-state index contributed by atoms with van der Waals surface area (Å²) in [5.74, 6) is -1.25. The van der Waals surface area contributed by atoms with Crippen molar-refractivity contribution in [2.24, 2.45) is 0 Å². The van der Waals surface area contributed by atoms with Crippen LogP contribution in [0, 0.1) is 0 Å². The molecule has 110 valence electrons. The van der Waals surface area contributed by atoms with Gasteiger partial charge in [-0.15, -0.1) is 0 Å². The first-order chi connectivity index (χ1) is 9.52. The van der Waals surface area contributed by atoms with E-state index in [0.29, 0.717) is 18.8 Å². The van der Waals surface area contributed by atoms with Crippen LogP contribution in [0.4, 0.5) is 5.69 Å². The first kappa shape index (κ1) is 16.6. The molecule has 1 amide bonds. The van der Waals surface area contributed by atoms with Gasteiger partial charge < -0.3 is 15.2 Å². The predicted octanol–water partition coefficient (Wildman–Crippen LogP) is 1.42. The Balaban J connectivity index is 2.56. The van der Waals surface area contributed by atoms with Crippen LogP contribution in [-0.2, 0) is 14.3 Å². The number of anilines is 1. The Morgan fingerprint density at radius 2 is 2.05 bits per heavy atom. The highest BCUT2D eigenvalue weighted by Gasteiger charge is 2.14. The van der Waals surface area contributed by atoms with Gasteiger partial charge in [0, 0.05) is 18.1 Å². The molecule has 6 nitrogen and oxygen atoms in total. The molecule has 0 aliphatic heterocycles. The second-order valence-corrected chi connectivity index (χ2v) is 4.98. The molecule has 1 aromatic rings. The zero-order valence-electron chi connectivity index (χ0n) is 11.1. The van der Waals surface area contributed by atoms with Gasteiger partial charge in [0.1, 0.15) is 0 Å².